The number of nitrogens with one attached hydrogen (secondary N) is 1. The highest BCUT2D eigenvalue weighted by Gasteiger charge is 2.23. The van der Waals surface area contributed by atoms with E-state index in [1.54, 1.807) is 4.57 Å². The summed E-state index contributed by atoms with van der Waals surface area (Å²) in [6, 6.07) is 16.1. The predicted molar refractivity (Wildman–Crippen MR) is 108 cm³/mol. The van der Waals surface area contributed by atoms with Gasteiger partial charge in [-0.25, -0.2) is 4.98 Å². The van der Waals surface area contributed by atoms with E-state index in [4.69, 9.17) is 0 Å². The number of amides is 1. The fraction of sp³-hybridized carbons (Fsp3) is 0.286. The molecule has 27 heavy (non-hydrogen) atoms. The number of benzene rings is 2. The molecule has 138 valence electrons. The van der Waals surface area contributed by atoms with Gasteiger partial charge in [-0.1, -0.05) is 53.7 Å². The molecular weight excluding hydrogens is 358 g/mol. The van der Waals surface area contributed by atoms with Gasteiger partial charge in [0.15, 0.2) is 5.03 Å². The molecule has 0 saturated heterocycles. The van der Waals surface area contributed by atoms with E-state index in [2.05, 4.69) is 10.3 Å². The van der Waals surface area contributed by atoms with Gasteiger partial charge >= 0.3 is 0 Å². The molecular formula is C21H21N3O2S. The largest absolute Gasteiger partial charge is 0.353 e. The summed E-state index contributed by atoms with van der Waals surface area (Å²) in [5, 5.41) is 3.31. The Morgan fingerprint density at radius 2 is 1.93 bits per heavy atom. The summed E-state index contributed by atoms with van der Waals surface area (Å²) >= 11 is 1.21. The maximum atomic E-state index is 13.0. The zero-order chi connectivity index (χ0) is 18.8. The minimum absolute atomic E-state index is 0.0399. The smallest absolute Gasteiger partial charge is 0.283 e. The summed E-state index contributed by atoms with van der Waals surface area (Å²) in [6.07, 6.45) is 2.10. The number of carbonyl (C=O) groups excluding carboxylic acids is 1. The number of nitrogens with zero attached hydrogens (tertiary/aromatic N) is 2. The molecule has 1 saturated carbocycles. The van der Waals surface area contributed by atoms with Crippen molar-refractivity contribution in [2.45, 2.75) is 37.4 Å². The molecule has 4 rings (SSSR count). The van der Waals surface area contributed by atoms with E-state index < -0.39 is 0 Å². The summed E-state index contributed by atoms with van der Waals surface area (Å²) < 4.78 is 1.74. The zero-order valence-electron chi connectivity index (χ0n) is 15.1. The van der Waals surface area contributed by atoms with Crippen LogP contribution in [0.3, 0.4) is 0 Å². The molecule has 3 aromatic rings. The highest BCUT2D eigenvalue weighted by atomic mass is 32.2. The van der Waals surface area contributed by atoms with Gasteiger partial charge in [0.25, 0.3) is 5.56 Å². The van der Waals surface area contributed by atoms with Crippen molar-refractivity contribution in [3.05, 3.63) is 70.0 Å². The third-order valence-electron chi connectivity index (χ3n) is 4.57. The molecule has 1 aliphatic rings. The number of thioether (sulfide) groups is 1. The summed E-state index contributed by atoms with van der Waals surface area (Å²) in [7, 11) is 0. The Labute approximate surface area is 161 Å². The molecule has 0 unspecified atom stereocenters. The van der Waals surface area contributed by atoms with Crippen molar-refractivity contribution in [3.8, 4) is 0 Å². The van der Waals surface area contributed by atoms with Crippen LogP contribution in [-0.2, 0) is 11.3 Å². The van der Waals surface area contributed by atoms with Crippen molar-refractivity contribution >= 4 is 28.7 Å². The van der Waals surface area contributed by atoms with Crippen LogP contribution < -0.4 is 10.9 Å². The molecule has 6 heteroatoms. The van der Waals surface area contributed by atoms with E-state index in [0.29, 0.717) is 17.6 Å². The second-order valence-corrected chi connectivity index (χ2v) is 7.88. The second kappa shape index (κ2) is 7.56. The summed E-state index contributed by atoms with van der Waals surface area (Å²) in [5.74, 6) is 0.170. The SMILES string of the molecule is Cc1ccc(Cn2c(=O)c(SCC(=O)NC3CC3)nc3ccccc32)cc1. The Morgan fingerprint density at radius 3 is 2.67 bits per heavy atom. The van der Waals surface area contributed by atoms with Gasteiger partial charge in [-0.2, -0.15) is 0 Å². The Balaban J connectivity index is 1.65. The number of fused-ring (bicyclic) bond motifs is 1. The number of aromatic nitrogens is 2. The van der Waals surface area contributed by atoms with Crippen LogP contribution in [-0.4, -0.2) is 27.3 Å². The van der Waals surface area contributed by atoms with E-state index >= 15 is 0 Å². The van der Waals surface area contributed by atoms with Gasteiger partial charge in [0.2, 0.25) is 5.91 Å². The first-order valence-electron chi connectivity index (χ1n) is 9.07. The normalized spacial score (nSPS) is 13.7. The first-order valence-corrected chi connectivity index (χ1v) is 10.1. The van der Waals surface area contributed by atoms with Crippen molar-refractivity contribution in [3.63, 3.8) is 0 Å². The van der Waals surface area contributed by atoms with Crippen LogP contribution >= 0.6 is 11.8 Å². The topological polar surface area (TPSA) is 64.0 Å². The molecule has 0 spiro atoms. The fourth-order valence-electron chi connectivity index (χ4n) is 2.93. The number of aryl methyl sites for hydroxylation is 1. The van der Waals surface area contributed by atoms with Crippen molar-refractivity contribution in [1.29, 1.82) is 0 Å². The van der Waals surface area contributed by atoms with Crippen LogP contribution in [0.1, 0.15) is 24.0 Å². The third kappa shape index (κ3) is 4.22. The number of rotatable bonds is 6. The molecule has 1 amide bonds. The van der Waals surface area contributed by atoms with Gasteiger partial charge in [-0.3, -0.25) is 14.2 Å². The highest BCUT2D eigenvalue weighted by molar-refractivity contribution is 7.99. The van der Waals surface area contributed by atoms with Crippen molar-refractivity contribution in [2.24, 2.45) is 0 Å². The lowest BCUT2D eigenvalue weighted by molar-refractivity contribution is -0.118. The molecule has 1 aromatic heterocycles. The molecule has 5 nitrogen and oxygen atoms in total. The average Bonchev–Trinajstić information content (AvgIpc) is 3.48. The Hall–Kier alpha value is -2.60. The summed E-state index contributed by atoms with van der Waals surface area (Å²) in [5.41, 5.74) is 3.65. The Morgan fingerprint density at radius 1 is 1.19 bits per heavy atom. The van der Waals surface area contributed by atoms with Crippen LogP contribution in [0.25, 0.3) is 11.0 Å². The van der Waals surface area contributed by atoms with E-state index in [0.717, 1.165) is 29.4 Å². The van der Waals surface area contributed by atoms with Crippen molar-refractivity contribution in [1.82, 2.24) is 14.9 Å². The van der Waals surface area contributed by atoms with E-state index in [9.17, 15) is 9.59 Å². The molecule has 0 radical (unpaired) electrons. The lowest BCUT2D eigenvalue weighted by atomic mass is 10.1. The van der Waals surface area contributed by atoms with Crippen LogP contribution in [0, 0.1) is 6.92 Å². The van der Waals surface area contributed by atoms with Gasteiger partial charge in [0.05, 0.1) is 23.3 Å². The maximum Gasteiger partial charge on any atom is 0.283 e. The molecule has 0 atom stereocenters. The minimum atomic E-state index is -0.154. The predicted octanol–water partition coefficient (Wildman–Crippen LogP) is 3.12. The third-order valence-corrected chi connectivity index (χ3v) is 5.51. The van der Waals surface area contributed by atoms with Crippen LogP contribution in [0.15, 0.2) is 58.4 Å². The highest BCUT2D eigenvalue weighted by Crippen LogP contribution is 2.20. The van der Waals surface area contributed by atoms with Crippen molar-refractivity contribution < 1.29 is 4.79 Å². The number of hydrogen-bond acceptors (Lipinski definition) is 4. The lowest BCUT2D eigenvalue weighted by Crippen LogP contribution is -2.28. The Bertz CT molecular complexity index is 1040. The number of carbonyl (C=O) groups is 1. The molecule has 1 N–H and O–H groups in total. The lowest BCUT2D eigenvalue weighted by Gasteiger charge is -2.12. The summed E-state index contributed by atoms with van der Waals surface area (Å²) in [4.78, 5) is 29.5. The van der Waals surface area contributed by atoms with Crippen LogP contribution in [0.4, 0.5) is 0 Å². The van der Waals surface area contributed by atoms with E-state index in [1.165, 1.54) is 17.3 Å². The second-order valence-electron chi connectivity index (χ2n) is 6.91. The summed E-state index contributed by atoms with van der Waals surface area (Å²) in [6.45, 7) is 2.52. The first kappa shape index (κ1) is 17.8. The van der Waals surface area contributed by atoms with Gasteiger partial charge in [-0.05, 0) is 37.5 Å². The average molecular weight is 379 g/mol. The molecule has 2 aromatic carbocycles. The zero-order valence-corrected chi connectivity index (χ0v) is 16.0. The van der Waals surface area contributed by atoms with Crippen LogP contribution in [0.5, 0.6) is 0 Å². The maximum absolute atomic E-state index is 13.0. The molecule has 0 aliphatic heterocycles. The van der Waals surface area contributed by atoms with Gasteiger partial charge in [-0.15, -0.1) is 0 Å². The molecule has 0 bridgehead atoms. The molecule has 1 fully saturated rings. The van der Waals surface area contributed by atoms with Gasteiger partial charge in [0, 0.05) is 6.04 Å². The fourth-order valence-corrected chi connectivity index (χ4v) is 3.67. The molecule has 1 aliphatic carbocycles. The number of para-hydroxylation sites is 2. The quantitative estimate of drug-likeness (QED) is 0.669. The standard InChI is InChI=1S/C21H21N3O2S/c1-14-6-8-15(9-7-14)12-24-18-5-3-2-4-17(18)23-20(21(24)26)27-13-19(25)22-16-10-11-16/h2-9,16H,10-13H2,1H3,(H,22,25). The number of hydrogen-bond donors (Lipinski definition) is 1. The molecule has 1 heterocycles. The minimum Gasteiger partial charge on any atom is -0.353 e. The van der Waals surface area contributed by atoms with E-state index in [-0.39, 0.29) is 17.2 Å². The van der Waals surface area contributed by atoms with Gasteiger partial charge < -0.3 is 5.32 Å². The Kier molecular flexibility index (Phi) is 4.99. The van der Waals surface area contributed by atoms with Crippen molar-refractivity contribution in [2.75, 3.05) is 5.75 Å². The van der Waals surface area contributed by atoms with Crippen LogP contribution in [0.2, 0.25) is 0 Å². The monoisotopic (exact) mass is 379 g/mol. The van der Waals surface area contributed by atoms with E-state index in [1.807, 2.05) is 55.5 Å². The first-order chi connectivity index (χ1) is 13.1. The van der Waals surface area contributed by atoms with Gasteiger partial charge in [0.1, 0.15) is 0 Å².